The number of fused-ring (bicyclic) bond motifs is 1. The minimum atomic E-state index is -3.63. The lowest BCUT2D eigenvalue weighted by molar-refractivity contribution is 0.595. The average Bonchev–Trinajstić information content (AvgIpc) is 2.84. The maximum atomic E-state index is 12.9. The van der Waals surface area contributed by atoms with Crippen molar-refractivity contribution >= 4 is 42.1 Å². The second-order valence-electron chi connectivity index (χ2n) is 8.29. The normalized spacial score (nSPS) is 12.0. The van der Waals surface area contributed by atoms with Crippen molar-refractivity contribution in [3.63, 3.8) is 0 Å². The Morgan fingerprint density at radius 1 is 0.829 bits per heavy atom. The lowest BCUT2D eigenvalue weighted by atomic mass is 10.1. The van der Waals surface area contributed by atoms with Crippen LogP contribution in [0.25, 0.3) is 10.9 Å². The summed E-state index contributed by atoms with van der Waals surface area (Å²) in [6.07, 6.45) is 3.26. The van der Waals surface area contributed by atoms with Gasteiger partial charge in [-0.25, -0.2) is 26.8 Å². The Balaban J connectivity index is 1.56. The van der Waals surface area contributed by atoms with Crippen molar-refractivity contribution < 1.29 is 16.8 Å². The first-order valence-corrected chi connectivity index (χ1v) is 14.5. The SMILES string of the molecule is CS(=O)(=O)CCN(CCc1ccc2c(N)ncnc2c1)c1ccc(S(=O)(=O)c2ccccc2)cc1. The molecule has 4 rings (SSSR count). The monoisotopic (exact) mass is 510 g/mol. The Bertz CT molecular complexity index is 1540. The number of aromatic nitrogens is 2. The standard InChI is InChI=1S/C25H26N4O4S2/c1-34(30,31)16-15-29(14-13-19-7-12-23-24(17-19)27-18-28-25(23)26)20-8-10-22(11-9-20)35(32,33)21-5-3-2-4-6-21/h2-12,17-18H,13-16H2,1H3,(H2,26,27,28). The average molecular weight is 511 g/mol. The number of benzene rings is 3. The summed E-state index contributed by atoms with van der Waals surface area (Å²) in [5, 5.41) is 0.778. The van der Waals surface area contributed by atoms with Crippen LogP contribution < -0.4 is 10.6 Å². The number of rotatable bonds is 9. The quantitative estimate of drug-likeness (QED) is 0.364. The van der Waals surface area contributed by atoms with Crippen LogP contribution in [0.3, 0.4) is 0 Å². The first kappa shape index (κ1) is 24.6. The molecular formula is C25H26N4O4S2. The highest BCUT2D eigenvalue weighted by molar-refractivity contribution is 7.91. The van der Waals surface area contributed by atoms with Crippen molar-refractivity contribution in [2.75, 3.05) is 35.7 Å². The lowest BCUT2D eigenvalue weighted by Crippen LogP contribution is -2.31. The van der Waals surface area contributed by atoms with Crippen molar-refractivity contribution in [3.8, 4) is 0 Å². The third-order valence-electron chi connectivity index (χ3n) is 5.70. The van der Waals surface area contributed by atoms with Crippen molar-refractivity contribution in [1.29, 1.82) is 0 Å². The first-order valence-electron chi connectivity index (χ1n) is 11.0. The van der Waals surface area contributed by atoms with Gasteiger partial charge in [-0.2, -0.15) is 0 Å². The van der Waals surface area contributed by atoms with E-state index in [2.05, 4.69) is 9.97 Å². The number of hydrogen-bond donors (Lipinski definition) is 1. The second-order valence-corrected chi connectivity index (χ2v) is 12.5. The summed E-state index contributed by atoms with van der Waals surface area (Å²) in [4.78, 5) is 10.6. The summed E-state index contributed by atoms with van der Waals surface area (Å²) in [5.74, 6) is 0.403. The van der Waals surface area contributed by atoms with E-state index >= 15 is 0 Å². The summed E-state index contributed by atoms with van der Waals surface area (Å²) in [7, 11) is -6.81. The van der Waals surface area contributed by atoms with Crippen LogP contribution in [-0.4, -0.2) is 51.9 Å². The van der Waals surface area contributed by atoms with Gasteiger partial charge in [-0.1, -0.05) is 24.3 Å². The molecule has 35 heavy (non-hydrogen) atoms. The van der Waals surface area contributed by atoms with Crippen LogP contribution in [0.15, 0.2) is 88.9 Å². The van der Waals surface area contributed by atoms with Gasteiger partial charge in [-0.3, -0.25) is 0 Å². The second kappa shape index (κ2) is 10.0. The molecule has 0 fully saturated rings. The van der Waals surface area contributed by atoms with Gasteiger partial charge in [0.15, 0.2) is 0 Å². The molecule has 0 unspecified atom stereocenters. The molecule has 0 aliphatic heterocycles. The van der Waals surface area contributed by atoms with Gasteiger partial charge in [0, 0.05) is 30.4 Å². The molecule has 0 radical (unpaired) electrons. The van der Waals surface area contributed by atoms with Crippen LogP contribution in [0, 0.1) is 0 Å². The van der Waals surface area contributed by atoms with Crippen molar-refractivity contribution in [1.82, 2.24) is 9.97 Å². The Morgan fingerprint density at radius 3 is 2.20 bits per heavy atom. The van der Waals surface area contributed by atoms with Crippen LogP contribution >= 0.6 is 0 Å². The molecule has 0 aliphatic rings. The third-order valence-corrected chi connectivity index (χ3v) is 8.41. The van der Waals surface area contributed by atoms with Gasteiger partial charge < -0.3 is 10.6 Å². The van der Waals surface area contributed by atoms with Gasteiger partial charge in [0.05, 0.1) is 21.1 Å². The van der Waals surface area contributed by atoms with Crippen LogP contribution in [-0.2, 0) is 26.1 Å². The number of anilines is 2. The fourth-order valence-corrected chi connectivity index (χ4v) is 5.59. The van der Waals surface area contributed by atoms with E-state index in [0.717, 1.165) is 22.2 Å². The predicted molar refractivity (Wildman–Crippen MR) is 138 cm³/mol. The third kappa shape index (κ3) is 5.95. The van der Waals surface area contributed by atoms with E-state index in [4.69, 9.17) is 5.73 Å². The van der Waals surface area contributed by atoms with E-state index in [1.807, 2.05) is 23.1 Å². The van der Waals surface area contributed by atoms with E-state index in [0.29, 0.717) is 18.8 Å². The van der Waals surface area contributed by atoms with Crippen LogP contribution in [0.5, 0.6) is 0 Å². The largest absolute Gasteiger partial charge is 0.383 e. The fraction of sp³-hybridized carbons (Fsp3) is 0.200. The molecule has 0 spiro atoms. The number of nitrogens with two attached hydrogens (primary N) is 1. The summed E-state index contributed by atoms with van der Waals surface area (Å²) >= 11 is 0. The van der Waals surface area contributed by atoms with Crippen molar-refractivity contribution in [2.45, 2.75) is 16.2 Å². The summed E-state index contributed by atoms with van der Waals surface area (Å²) in [6, 6.07) is 20.6. The van der Waals surface area contributed by atoms with Crippen LogP contribution in [0.2, 0.25) is 0 Å². The fourth-order valence-electron chi connectivity index (χ4n) is 3.76. The van der Waals surface area contributed by atoms with Gasteiger partial charge in [-0.15, -0.1) is 0 Å². The van der Waals surface area contributed by atoms with Gasteiger partial charge in [0.2, 0.25) is 9.84 Å². The molecule has 1 heterocycles. The Morgan fingerprint density at radius 2 is 1.51 bits per heavy atom. The van der Waals surface area contributed by atoms with E-state index in [9.17, 15) is 16.8 Å². The van der Waals surface area contributed by atoms with Gasteiger partial charge >= 0.3 is 0 Å². The molecule has 182 valence electrons. The highest BCUT2D eigenvalue weighted by Crippen LogP contribution is 2.24. The summed E-state index contributed by atoms with van der Waals surface area (Å²) in [5.41, 5.74) is 8.41. The van der Waals surface area contributed by atoms with Gasteiger partial charge in [-0.05, 0) is 60.5 Å². The Hall–Kier alpha value is -3.50. The molecule has 3 aromatic carbocycles. The topological polar surface area (TPSA) is 123 Å². The summed E-state index contributed by atoms with van der Waals surface area (Å²) in [6.45, 7) is 0.818. The first-order chi connectivity index (χ1) is 16.6. The van der Waals surface area contributed by atoms with Crippen LogP contribution in [0.1, 0.15) is 5.56 Å². The Labute approximate surface area is 205 Å². The smallest absolute Gasteiger partial charge is 0.206 e. The molecule has 10 heteroatoms. The minimum Gasteiger partial charge on any atom is -0.383 e. The molecule has 2 N–H and O–H groups in total. The molecule has 1 aromatic heterocycles. The zero-order valence-electron chi connectivity index (χ0n) is 19.2. The maximum Gasteiger partial charge on any atom is 0.206 e. The van der Waals surface area contributed by atoms with E-state index < -0.39 is 19.7 Å². The van der Waals surface area contributed by atoms with E-state index in [1.165, 1.54) is 12.6 Å². The number of nitrogen functional groups attached to an aromatic ring is 1. The number of hydrogen-bond acceptors (Lipinski definition) is 8. The van der Waals surface area contributed by atoms with Gasteiger partial charge in [0.1, 0.15) is 22.0 Å². The highest BCUT2D eigenvalue weighted by Gasteiger charge is 2.18. The van der Waals surface area contributed by atoms with E-state index in [-0.39, 0.29) is 22.1 Å². The molecule has 0 saturated heterocycles. The Kier molecular flexibility index (Phi) is 7.04. The molecule has 0 bridgehead atoms. The molecule has 4 aromatic rings. The predicted octanol–water partition coefficient (Wildman–Crippen LogP) is 3.14. The van der Waals surface area contributed by atoms with Gasteiger partial charge in [0.25, 0.3) is 0 Å². The lowest BCUT2D eigenvalue weighted by Gasteiger charge is -2.25. The number of nitrogens with zero attached hydrogens (tertiary/aromatic N) is 3. The van der Waals surface area contributed by atoms with Crippen molar-refractivity contribution in [3.05, 3.63) is 84.7 Å². The molecular weight excluding hydrogens is 484 g/mol. The summed E-state index contributed by atoms with van der Waals surface area (Å²) < 4.78 is 49.5. The highest BCUT2D eigenvalue weighted by atomic mass is 32.2. The molecule has 8 nitrogen and oxygen atoms in total. The molecule has 0 saturated carbocycles. The maximum absolute atomic E-state index is 12.9. The zero-order chi connectivity index (χ0) is 25.1. The van der Waals surface area contributed by atoms with Crippen LogP contribution in [0.4, 0.5) is 11.5 Å². The minimum absolute atomic E-state index is 0.0153. The van der Waals surface area contributed by atoms with Crippen molar-refractivity contribution in [2.24, 2.45) is 0 Å². The molecule has 0 aliphatic carbocycles. The molecule has 0 amide bonds. The van der Waals surface area contributed by atoms with E-state index in [1.54, 1.807) is 54.6 Å². The zero-order valence-corrected chi connectivity index (χ0v) is 20.8. The molecule has 0 atom stereocenters. The number of sulfone groups is 2.